The molecule has 2 heterocycles. The summed E-state index contributed by atoms with van der Waals surface area (Å²) in [5, 5.41) is 19.7. The number of anilines is 1. The number of esters is 1. The Balaban J connectivity index is 1.53. The molecule has 0 aliphatic carbocycles. The molecule has 0 spiro atoms. The Morgan fingerprint density at radius 2 is 1.76 bits per heavy atom. The van der Waals surface area contributed by atoms with Crippen LogP contribution >= 0.6 is 0 Å². The summed E-state index contributed by atoms with van der Waals surface area (Å²) in [7, 11) is 2.92. The fraction of sp³-hybridized carbons (Fsp3) is 0.321. The predicted molar refractivity (Wildman–Crippen MR) is 137 cm³/mol. The molecule has 1 fully saturated rings. The number of nitrogens with zero attached hydrogens (tertiary/aromatic N) is 3. The number of hydrogen-bond acceptors (Lipinski definition) is 9. The average Bonchev–Trinajstić information content (AvgIpc) is 2.94. The van der Waals surface area contributed by atoms with Gasteiger partial charge in [0.25, 0.3) is 0 Å². The second-order valence-electron chi connectivity index (χ2n) is 8.82. The smallest absolute Gasteiger partial charge is 0.306 e. The van der Waals surface area contributed by atoms with Crippen molar-refractivity contribution in [2.24, 2.45) is 0 Å². The number of benzene rings is 2. The fourth-order valence-electron chi connectivity index (χ4n) is 4.45. The monoisotopic (exact) mass is 503 g/mol. The summed E-state index contributed by atoms with van der Waals surface area (Å²) in [6.45, 7) is 3.51. The molecule has 9 nitrogen and oxygen atoms in total. The van der Waals surface area contributed by atoms with Gasteiger partial charge in [0, 0.05) is 37.9 Å². The number of piperazine rings is 1. The number of aromatic hydroxyl groups is 1. The molecule has 192 valence electrons. The van der Waals surface area contributed by atoms with Crippen molar-refractivity contribution >= 4 is 11.7 Å². The Labute approximate surface area is 215 Å². The van der Waals surface area contributed by atoms with Crippen molar-refractivity contribution in [1.82, 2.24) is 4.90 Å². The van der Waals surface area contributed by atoms with Gasteiger partial charge < -0.3 is 23.9 Å². The minimum Gasteiger partial charge on any atom is -0.502 e. The van der Waals surface area contributed by atoms with Gasteiger partial charge in [-0.05, 0) is 42.0 Å². The third kappa shape index (κ3) is 6.11. The first kappa shape index (κ1) is 25.8. The Morgan fingerprint density at radius 1 is 1.08 bits per heavy atom. The van der Waals surface area contributed by atoms with Crippen LogP contribution in [0.25, 0.3) is 0 Å². The summed E-state index contributed by atoms with van der Waals surface area (Å²) in [5.74, 6) is -0.580. The highest BCUT2D eigenvalue weighted by Crippen LogP contribution is 2.34. The highest BCUT2D eigenvalue weighted by atomic mass is 16.5. The lowest BCUT2D eigenvalue weighted by molar-refractivity contribution is -0.140. The highest BCUT2D eigenvalue weighted by molar-refractivity contribution is 5.71. The Morgan fingerprint density at radius 3 is 2.35 bits per heavy atom. The van der Waals surface area contributed by atoms with Crippen LogP contribution in [0, 0.1) is 11.3 Å². The summed E-state index contributed by atoms with van der Waals surface area (Å²) in [6.07, 6.45) is -0.136. The molecule has 37 heavy (non-hydrogen) atoms. The van der Waals surface area contributed by atoms with Crippen LogP contribution in [0.4, 0.5) is 5.69 Å². The SMILES string of the molecule is COC(=O)C[C@H](c1ccc(C#N)cc1)c1oc(CN2CCN(c3ccc(OC)cc3)CC2)cc(=O)c1O. The number of ether oxygens (including phenoxy) is 2. The van der Waals surface area contributed by atoms with Crippen molar-refractivity contribution < 1.29 is 23.8 Å². The topological polar surface area (TPSA) is 116 Å². The largest absolute Gasteiger partial charge is 0.502 e. The van der Waals surface area contributed by atoms with Gasteiger partial charge in [-0.15, -0.1) is 0 Å². The molecule has 0 bridgehead atoms. The molecule has 1 atom stereocenters. The molecule has 1 aliphatic heterocycles. The molecule has 2 aromatic carbocycles. The fourth-order valence-corrected chi connectivity index (χ4v) is 4.45. The van der Waals surface area contributed by atoms with E-state index < -0.39 is 23.1 Å². The summed E-state index contributed by atoms with van der Waals surface area (Å²) < 4.78 is 16.1. The van der Waals surface area contributed by atoms with Gasteiger partial charge in [0.2, 0.25) is 11.2 Å². The summed E-state index contributed by atoms with van der Waals surface area (Å²) in [5.41, 5.74) is 1.62. The van der Waals surface area contributed by atoms with Gasteiger partial charge in [-0.2, -0.15) is 5.26 Å². The van der Waals surface area contributed by atoms with E-state index in [0.717, 1.165) is 37.6 Å². The van der Waals surface area contributed by atoms with Gasteiger partial charge in [0.1, 0.15) is 11.5 Å². The maximum atomic E-state index is 12.7. The molecule has 1 aromatic heterocycles. The molecular formula is C28H29N3O6. The molecular weight excluding hydrogens is 474 g/mol. The lowest BCUT2D eigenvalue weighted by atomic mass is 9.91. The Bertz CT molecular complexity index is 1320. The first-order valence-corrected chi connectivity index (χ1v) is 12.0. The number of nitriles is 1. The second-order valence-corrected chi connectivity index (χ2v) is 8.82. The van der Waals surface area contributed by atoms with Crippen LogP contribution in [0.3, 0.4) is 0 Å². The van der Waals surface area contributed by atoms with Crippen LogP contribution in [0.2, 0.25) is 0 Å². The van der Waals surface area contributed by atoms with Crippen molar-refractivity contribution in [1.29, 1.82) is 5.26 Å². The zero-order valence-electron chi connectivity index (χ0n) is 20.8. The lowest BCUT2D eigenvalue weighted by Crippen LogP contribution is -2.46. The standard InChI is InChI=1S/C28H29N3O6/c1-35-22-9-7-21(8-10-22)31-13-11-30(12-14-31)18-23-15-25(32)27(34)28(37-23)24(16-26(33)36-2)20-5-3-19(17-29)4-6-20/h3-10,15,24,34H,11-14,16,18H2,1-2H3/t24-/m1/s1. The maximum Gasteiger partial charge on any atom is 0.306 e. The van der Waals surface area contributed by atoms with Crippen LogP contribution in [0.1, 0.15) is 35.0 Å². The summed E-state index contributed by atoms with van der Waals surface area (Å²) >= 11 is 0. The molecule has 9 heteroatoms. The molecule has 3 aromatic rings. The van der Waals surface area contributed by atoms with Crippen LogP contribution in [0.15, 0.2) is 63.8 Å². The Hall–Kier alpha value is -4.29. The van der Waals surface area contributed by atoms with Crippen LogP contribution in [-0.2, 0) is 16.1 Å². The van der Waals surface area contributed by atoms with E-state index in [1.807, 2.05) is 30.3 Å². The number of hydrogen-bond donors (Lipinski definition) is 1. The van der Waals surface area contributed by atoms with Gasteiger partial charge >= 0.3 is 5.97 Å². The minimum absolute atomic E-state index is 0.00877. The van der Waals surface area contributed by atoms with E-state index in [-0.39, 0.29) is 12.2 Å². The lowest BCUT2D eigenvalue weighted by Gasteiger charge is -2.36. The molecule has 1 aliphatic rings. The van der Waals surface area contributed by atoms with Gasteiger partial charge in [-0.1, -0.05) is 12.1 Å². The van der Waals surface area contributed by atoms with Crippen LogP contribution < -0.4 is 15.1 Å². The highest BCUT2D eigenvalue weighted by Gasteiger charge is 2.27. The van der Waals surface area contributed by atoms with E-state index in [0.29, 0.717) is 23.4 Å². The molecule has 1 saturated heterocycles. The number of carbonyl (C=O) groups excluding carboxylic acids is 1. The average molecular weight is 504 g/mol. The van der Waals surface area contributed by atoms with Crippen molar-refractivity contribution in [3.05, 3.63) is 87.5 Å². The van der Waals surface area contributed by atoms with Crippen molar-refractivity contribution in [2.75, 3.05) is 45.3 Å². The molecule has 0 radical (unpaired) electrons. The quantitative estimate of drug-likeness (QED) is 0.462. The molecule has 0 amide bonds. The van der Waals surface area contributed by atoms with Gasteiger partial charge in [0.15, 0.2) is 5.76 Å². The van der Waals surface area contributed by atoms with Gasteiger partial charge in [-0.25, -0.2) is 0 Å². The summed E-state index contributed by atoms with van der Waals surface area (Å²) in [4.78, 5) is 29.3. The van der Waals surface area contributed by atoms with Crippen LogP contribution in [0.5, 0.6) is 11.5 Å². The van der Waals surface area contributed by atoms with Crippen molar-refractivity contribution in [3.63, 3.8) is 0 Å². The molecule has 0 saturated carbocycles. The second kappa shape index (κ2) is 11.6. The van der Waals surface area contributed by atoms with Crippen molar-refractivity contribution in [3.8, 4) is 17.6 Å². The van der Waals surface area contributed by atoms with E-state index >= 15 is 0 Å². The minimum atomic E-state index is -0.750. The third-order valence-corrected chi connectivity index (χ3v) is 6.55. The van der Waals surface area contributed by atoms with E-state index in [1.165, 1.54) is 13.2 Å². The van der Waals surface area contributed by atoms with Gasteiger partial charge in [-0.3, -0.25) is 14.5 Å². The van der Waals surface area contributed by atoms with E-state index in [2.05, 4.69) is 9.80 Å². The summed E-state index contributed by atoms with van der Waals surface area (Å²) in [6, 6.07) is 17.9. The van der Waals surface area contributed by atoms with E-state index in [4.69, 9.17) is 19.2 Å². The zero-order valence-corrected chi connectivity index (χ0v) is 20.8. The first-order chi connectivity index (χ1) is 17.9. The van der Waals surface area contributed by atoms with Crippen molar-refractivity contribution in [2.45, 2.75) is 18.9 Å². The number of rotatable bonds is 8. The maximum absolute atomic E-state index is 12.7. The normalized spacial score (nSPS) is 14.6. The molecule has 4 rings (SSSR count). The van der Waals surface area contributed by atoms with E-state index in [9.17, 15) is 14.7 Å². The molecule has 1 N–H and O–H groups in total. The number of carbonyl (C=O) groups is 1. The molecule has 0 unspecified atom stereocenters. The van der Waals surface area contributed by atoms with Crippen LogP contribution in [-0.4, -0.2) is 56.4 Å². The third-order valence-electron chi connectivity index (χ3n) is 6.55. The van der Waals surface area contributed by atoms with Gasteiger partial charge in [0.05, 0.1) is 44.7 Å². The predicted octanol–water partition coefficient (Wildman–Crippen LogP) is 3.24. The Kier molecular flexibility index (Phi) is 8.11. The number of methoxy groups -OCH3 is 2. The first-order valence-electron chi connectivity index (χ1n) is 12.0. The van der Waals surface area contributed by atoms with E-state index in [1.54, 1.807) is 31.4 Å². The zero-order chi connectivity index (χ0) is 26.4.